The van der Waals surface area contributed by atoms with Gasteiger partial charge in [-0.25, -0.2) is 0 Å². The van der Waals surface area contributed by atoms with E-state index in [1.807, 2.05) is 19.9 Å². The zero-order valence-corrected chi connectivity index (χ0v) is 7.92. The molecule has 0 aliphatic rings. The fourth-order valence-electron chi connectivity index (χ4n) is 0.704. The molecule has 0 spiro atoms. The monoisotopic (exact) mass is 165 g/mol. The van der Waals surface area contributed by atoms with Crippen LogP contribution < -0.4 is 0 Å². The van der Waals surface area contributed by atoms with E-state index < -0.39 is 0 Å². The quantitative estimate of drug-likeness (QED) is 0.465. The van der Waals surface area contributed by atoms with Crippen LogP contribution in [-0.4, -0.2) is 12.0 Å². The maximum Gasteiger partial charge on any atom is 0.135 e. The van der Waals surface area contributed by atoms with E-state index in [-0.39, 0.29) is 5.78 Å². The first-order valence-electron chi connectivity index (χ1n) is 3.92. The summed E-state index contributed by atoms with van der Waals surface area (Å²) in [6.07, 6.45) is 3.88. The van der Waals surface area contributed by atoms with Crippen molar-refractivity contribution < 1.29 is 4.79 Å². The summed E-state index contributed by atoms with van der Waals surface area (Å²) in [5, 5.41) is 0. The Balaban J connectivity index is 4.13. The Hall–Kier alpha value is -1.18. The van der Waals surface area contributed by atoms with E-state index in [1.165, 1.54) is 0 Å². The zero-order valence-electron chi connectivity index (χ0n) is 7.92. The van der Waals surface area contributed by atoms with Crippen LogP contribution in [0, 0.1) is 0 Å². The van der Waals surface area contributed by atoms with Crippen LogP contribution in [0.1, 0.15) is 27.2 Å². The number of nitrogens with zero attached hydrogens (tertiary/aromatic N) is 1. The van der Waals surface area contributed by atoms with E-state index in [0.29, 0.717) is 6.42 Å². The highest BCUT2D eigenvalue weighted by molar-refractivity contribution is 5.89. The summed E-state index contributed by atoms with van der Waals surface area (Å²) in [4.78, 5) is 14.6. The van der Waals surface area contributed by atoms with Crippen molar-refractivity contribution in [1.29, 1.82) is 0 Å². The van der Waals surface area contributed by atoms with Crippen LogP contribution in [0.4, 0.5) is 0 Å². The number of carbonyl (C=O) groups is 1. The second kappa shape index (κ2) is 5.47. The standard InChI is InChI=1S/C10H15NO/c1-5-10(8(2)3)11-7-6-9(4)12/h5,7H,2,6H2,1,3-4H3/b10-5-,11-7?. The molecule has 0 bridgehead atoms. The van der Waals surface area contributed by atoms with Crippen molar-refractivity contribution in [3.8, 4) is 0 Å². The van der Waals surface area contributed by atoms with Crippen molar-refractivity contribution in [3.05, 3.63) is 23.9 Å². The molecule has 0 aliphatic heterocycles. The van der Waals surface area contributed by atoms with Crippen molar-refractivity contribution in [2.75, 3.05) is 0 Å². The molecule has 12 heavy (non-hydrogen) atoms. The van der Waals surface area contributed by atoms with Crippen LogP contribution >= 0.6 is 0 Å². The Morgan fingerprint density at radius 3 is 2.42 bits per heavy atom. The van der Waals surface area contributed by atoms with Gasteiger partial charge in [-0.1, -0.05) is 12.7 Å². The predicted molar refractivity (Wildman–Crippen MR) is 52.4 cm³/mol. The summed E-state index contributed by atoms with van der Waals surface area (Å²) in [7, 11) is 0. The van der Waals surface area contributed by atoms with Gasteiger partial charge in [-0.2, -0.15) is 0 Å². The average Bonchev–Trinajstić information content (AvgIpc) is 1.96. The highest BCUT2D eigenvalue weighted by Crippen LogP contribution is 2.06. The lowest BCUT2D eigenvalue weighted by Crippen LogP contribution is -1.90. The summed E-state index contributed by atoms with van der Waals surface area (Å²) < 4.78 is 0. The minimum Gasteiger partial charge on any atom is -0.300 e. The van der Waals surface area contributed by atoms with Crippen LogP contribution in [0.3, 0.4) is 0 Å². The minimum absolute atomic E-state index is 0.121. The van der Waals surface area contributed by atoms with Crippen LogP contribution in [0.25, 0.3) is 0 Å². The maximum atomic E-state index is 10.6. The Bertz CT molecular complexity index is 236. The molecule has 0 unspecified atom stereocenters. The van der Waals surface area contributed by atoms with Gasteiger partial charge in [0.05, 0.1) is 5.70 Å². The van der Waals surface area contributed by atoms with Crippen LogP contribution in [-0.2, 0) is 4.79 Å². The predicted octanol–water partition coefficient (Wildman–Crippen LogP) is 2.52. The summed E-state index contributed by atoms with van der Waals surface area (Å²) in [6, 6.07) is 0. The van der Waals surface area contributed by atoms with Crippen molar-refractivity contribution in [2.45, 2.75) is 27.2 Å². The molecule has 2 nitrogen and oxygen atoms in total. The Labute approximate surface area is 73.7 Å². The number of hydrogen-bond donors (Lipinski definition) is 0. The molecular formula is C10H15NO. The van der Waals surface area contributed by atoms with Gasteiger partial charge in [-0.3, -0.25) is 9.79 Å². The second-order valence-electron chi connectivity index (χ2n) is 2.67. The highest BCUT2D eigenvalue weighted by atomic mass is 16.1. The van der Waals surface area contributed by atoms with E-state index in [9.17, 15) is 4.79 Å². The molecule has 0 heterocycles. The Kier molecular flexibility index (Phi) is 4.93. The molecular weight excluding hydrogens is 150 g/mol. The number of rotatable bonds is 4. The molecule has 0 aromatic carbocycles. The molecule has 0 rings (SSSR count). The van der Waals surface area contributed by atoms with Gasteiger partial charge in [0.2, 0.25) is 0 Å². The Morgan fingerprint density at radius 2 is 2.08 bits per heavy atom. The number of allylic oxidation sites excluding steroid dienone is 2. The van der Waals surface area contributed by atoms with Crippen molar-refractivity contribution in [3.63, 3.8) is 0 Å². The topological polar surface area (TPSA) is 29.4 Å². The fraction of sp³-hybridized carbons (Fsp3) is 0.400. The summed E-state index contributed by atoms with van der Waals surface area (Å²) in [5.41, 5.74) is 1.76. The molecule has 0 aromatic rings. The molecule has 0 saturated heterocycles. The van der Waals surface area contributed by atoms with E-state index in [1.54, 1.807) is 13.1 Å². The SMILES string of the molecule is C=C(C)/C(=C/C)N=CCC(C)=O. The summed E-state index contributed by atoms with van der Waals surface area (Å²) in [5.74, 6) is 0.121. The molecule has 0 atom stereocenters. The highest BCUT2D eigenvalue weighted by Gasteiger charge is 1.92. The zero-order chi connectivity index (χ0) is 9.56. The molecule has 0 radical (unpaired) electrons. The second-order valence-corrected chi connectivity index (χ2v) is 2.67. The lowest BCUT2D eigenvalue weighted by atomic mass is 10.2. The molecule has 0 amide bonds. The van der Waals surface area contributed by atoms with E-state index in [4.69, 9.17) is 0 Å². The van der Waals surface area contributed by atoms with Gasteiger partial charge >= 0.3 is 0 Å². The first kappa shape index (κ1) is 10.8. The maximum absolute atomic E-state index is 10.6. The van der Waals surface area contributed by atoms with Gasteiger partial charge in [0.15, 0.2) is 0 Å². The molecule has 0 saturated carbocycles. The lowest BCUT2D eigenvalue weighted by Gasteiger charge is -1.96. The third-order valence-corrected chi connectivity index (χ3v) is 1.32. The average molecular weight is 165 g/mol. The van der Waals surface area contributed by atoms with E-state index in [0.717, 1.165) is 11.3 Å². The lowest BCUT2D eigenvalue weighted by molar-refractivity contribution is -0.115. The number of hydrogen-bond acceptors (Lipinski definition) is 2. The number of Topliss-reactive ketones (excluding diaryl/α,β-unsaturated/α-hetero) is 1. The number of ketones is 1. The van der Waals surface area contributed by atoms with Gasteiger partial charge in [0, 0.05) is 12.6 Å². The number of aliphatic imine (C=N–C) groups is 1. The largest absolute Gasteiger partial charge is 0.300 e. The van der Waals surface area contributed by atoms with Crippen molar-refractivity contribution in [2.24, 2.45) is 4.99 Å². The number of carbonyl (C=O) groups excluding carboxylic acids is 1. The third kappa shape index (κ3) is 4.61. The Morgan fingerprint density at radius 1 is 1.50 bits per heavy atom. The molecule has 0 aliphatic carbocycles. The minimum atomic E-state index is 0.121. The van der Waals surface area contributed by atoms with Gasteiger partial charge in [-0.15, -0.1) is 0 Å². The first-order valence-corrected chi connectivity index (χ1v) is 3.92. The van der Waals surface area contributed by atoms with Crippen molar-refractivity contribution >= 4 is 12.0 Å². The van der Waals surface area contributed by atoms with Gasteiger partial charge < -0.3 is 0 Å². The van der Waals surface area contributed by atoms with Crippen LogP contribution in [0.2, 0.25) is 0 Å². The molecule has 0 aromatic heterocycles. The third-order valence-electron chi connectivity index (χ3n) is 1.32. The fourth-order valence-corrected chi connectivity index (χ4v) is 0.704. The molecule has 2 heteroatoms. The smallest absolute Gasteiger partial charge is 0.135 e. The van der Waals surface area contributed by atoms with Gasteiger partial charge in [0.25, 0.3) is 0 Å². The van der Waals surface area contributed by atoms with E-state index >= 15 is 0 Å². The first-order chi connectivity index (χ1) is 5.57. The molecule has 66 valence electrons. The molecule has 0 fully saturated rings. The summed E-state index contributed by atoms with van der Waals surface area (Å²) in [6.45, 7) is 9.09. The summed E-state index contributed by atoms with van der Waals surface area (Å²) >= 11 is 0. The van der Waals surface area contributed by atoms with Crippen LogP contribution in [0.15, 0.2) is 28.9 Å². The van der Waals surface area contributed by atoms with E-state index in [2.05, 4.69) is 11.6 Å². The van der Waals surface area contributed by atoms with Gasteiger partial charge in [-0.05, 0) is 26.3 Å². The van der Waals surface area contributed by atoms with Gasteiger partial charge in [0.1, 0.15) is 5.78 Å². The van der Waals surface area contributed by atoms with Crippen molar-refractivity contribution in [1.82, 2.24) is 0 Å². The molecule has 0 N–H and O–H groups in total. The van der Waals surface area contributed by atoms with Crippen LogP contribution in [0.5, 0.6) is 0 Å². The normalized spacial score (nSPS) is 12.1.